The maximum absolute atomic E-state index is 11.1. The lowest BCUT2D eigenvalue weighted by Gasteiger charge is -1.98. The number of aryl methyl sites for hydroxylation is 1. The van der Waals surface area contributed by atoms with Crippen molar-refractivity contribution in [3.63, 3.8) is 0 Å². The third kappa shape index (κ3) is 2.48. The number of hydrogen-bond donors (Lipinski definition) is 3. The second kappa shape index (κ2) is 4.81. The number of nitrogens with two attached hydrogens (primary N) is 1. The fraction of sp³-hybridized carbons (Fsp3) is 0.100. The maximum Gasteiger partial charge on any atom is 0.294 e. The lowest BCUT2D eigenvalue weighted by Crippen LogP contribution is -2.01. The first-order chi connectivity index (χ1) is 9.21. The molecule has 8 nitrogen and oxygen atoms in total. The average molecular weight is 314 g/mol. The minimum atomic E-state index is -4.36. The number of hydrogen-bond acceptors (Lipinski definition) is 5. The highest BCUT2D eigenvalue weighted by atomic mass is 32.2. The summed E-state index contributed by atoms with van der Waals surface area (Å²) in [7, 11) is -2.80. The van der Waals surface area contributed by atoms with Crippen LogP contribution >= 0.6 is 12.2 Å². The molecule has 2 aromatic rings. The number of benzene rings is 1. The van der Waals surface area contributed by atoms with Crippen molar-refractivity contribution in [3.05, 3.63) is 18.2 Å². The molecule has 1 heterocycles. The molecule has 0 spiro atoms. The van der Waals surface area contributed by atoms with Crippen molar-refractivity contribution in [1.82, 2.24) is 4.57 Å². The molecular formula is C10H10N4O4S2. The molecule has 4 N–H and O–H groups in total. The predicted octanol–water partition coefficient (Wildman–Crippen LogP) is 1.46. The quantitative estimate of drug-likeness (QED) is 0.437. The molecular weight excluding hydrogens is 304 g/mol. The van der Waals surface area contributed by atoms with Gasteiger partial charge in [-0.3, -0.25) is 4.55 Å². The molecule has 0 bridgehead atoms. The zero-order valence-corrected chi connectivity index (χ0v) is 11.8. The second-order valence-corrected chi connectivity index (χ2v) is 5.76. The van der Waals surface area contributed by atoms with Gasteiger partial charge in [-0.15, -0.1) is 10.2 Å². The summed E-state index contributed by atoms with van der Waals surface area (Å²) in [4.78, 5) is -0.317. The average Bonchev–Trinajstić information content (AvgIpc) is 2.58. The van der Waals surface area contributed by atoms with Gasteiger partial charge in [-0.2, -0.15) is 8.42 Å². The van der Waals surface area contributed by atoms with Gasteiger partial charge < -0.3 is 15.4 Å². The first-order valence-corrected chi connectivity index (χ1v) is 7.06. The van der Waals surface area contributed by atoms with Crippen LogP contribution < -0.4 is 5.73 Å². The minimum absolute atomic E-state index is 0.0146. The van der Waals surface area contributed by atoms with Crippen LogP contribution in [0.15, 0.2) is 33.3 Å². The highest BCUT2D eigenvalue weighted by Gasteiger charge is 2.18. The van der Waals surface area contributed by atoms with Gasteiger partial charge in [-0.1, -0.05) is 0 Å². The zero-order chi connectivity index (χ0) is 15.1. The van der Waals surface area contributed by atoms with E-state index in [9.17, 15) is 13.5 Å². The van der Waals surface area contributed by atoms with Crippen LogP contribution in [0.25, 0.3) is 10.9 Å². The van der Waals surface area contributed by atoms with Crippen LogP contribution in [-0.4, -0.2) is 27.8 Å². The maximum atomic E-state index is 11.1. The van der Waals surface area contributed by atoms with Crippen molar-refractivity contribution in [2.75, 3.05) is 0 Å². The molecule has 0 atom stereocenters. The molecule has 0 saturated carbocycles. The molecule has 0 unspecified atom stereocenters. The van der Waals surface area contributed by atoms with E-state index in [2.05, 4.69) is 22.4 Å². The summed E-state index contributed by atoms with van der Waals surface area (Å²) in [5.74, 6) is -0.229. The van der Waals surface area contributed by atoms with E-state index in [1.54, 1.807) is 7.05 Å². The van der Waals surface area contributed by atoms with Crippen LogP contribution in [0.2, 0.25) is 0 Å². The van der Waals surface area contributed by atoms with E-state index < -0.39 is 10.1 Å². The Labute approximate surface area is 119 Å². The van der Waals surface area contributed by atoms with Crippen LogP contribution in [0.5, 0.6) is 5.88 Å². The molecule has 106 valence electrons. The van der Waals surface area contributed by atoms with Crippen molar-refractivity contribution < 1.29 is 18.1 Å². The number of fused-ring (bicyclic) bond motifs is 1. The fourth-order valence-corrected chi connectivity index (χ4v) is 2.30. The largest absolute Gasteiger partial charge is 0.493 e. The molecule has 0 saturated heterocycles. The third-order valence-corrected chi connectivity index (χ3v) is 3.59. The summed E-state index contributed by atoms with van der Waals surface area (Å²) < 4.78 is 32.7. The van der Waals surface area contributed by atoms with Crippen molar-refractivity contribution in [2.45, 2.75) is 4.90 Å². The Morgan fingerprint density at radius 1 is 1.45 bits per heavy atom. The van der Waals surface area contributed by atoms with E-state index in [4.69, 9.17) is 10.3 Å². The molecule has 10 heteroatoms. The van der Waals surface area contributed by atoms with Crippen molar-refractivity contribution in [2.24, 2.45) is 23.0 Å². The van der Waals surface area contributed by atoms with E-state index in [-0.39, 0.29) is 21.6 Å². The Morgan fingerprint density at radius 3 is 2.65 bits per heavy atom. The first kappa shape index (κ1) is 14.4. The number of aromatic nitrogens is 1. The van der Waals surface area contributed by atoms with E-state index >= 15 is 0 Å². The Hall–Kier alpha value is -2.04. The SMILES string of the molecule is Cn1c(O)c(N=NC(N)=S)c2cc(S(=O)(=O)O)ccc21. The lowest BCUT2D eigenvalue weighted by molar-refractivity contribution is 0.436. The molecule has 0 amide bonds. The van der Waals surface area contributed by atoms with Gasteiger partial charge in [0.25, 0.3) is 10.1 Å². The van der Waals surface area contributed by atoms with E-state index in [0.29, 0.717) is 10.9 Å². The van der Waals surface area contributed by atoms with Gasteiger partial charge in [0.15, 0.2) is 5.69 Å². The molecule has 0 aliphatic carbocycles. The highest BCUT2D eigenvalue weighted by molar-refractivity contribution is 7.85. The molecule has 20 heavy (non-hydrogen) atoms. The summed E-state index contributed by atoms with van der Waals surface area (Å²) in [6, 6.07) is 3.82. The normalized spacial score (nSPS) is 12.3. The number of rotatable bonds is 2. The number of aromatic hydroxyl groups is 1. The fourth-order valence-electron chi connectivity index (χ4n) is 1.75. The highest BCUT2D eigenvalue weighted by Crippen LogP contribution is 2.38. The van der Waals surface area contributed by atoms with Gasteiger partial charge in [-0.05, 0) is 30.4 Å². The molecule has 2 rings (SSSR count). The van der Waals surface area contributed by atoms with Crippen molar-refractivity contribution in [3.8, 4) is 5.88 Å². The van der Waals surface area contributed by atoms with E-state index in [1.807, 2.05) is 0 Å². The lowest BCUT2D eigenvalue weighted by atomic mass is 10.2. The Bertz CT molecular complexity index is 839. The van der Waals surface area contributed by atoms with Gasteiger partial charge in [0.2, 0.25) is 11.0 Å². The van der Waals surface area contributed by atoms with Crippen LogP contribution in [0.4, 0.5) is 5.69 Å². The van der Waals surface area contributed by atoms with Gasteiger partial charge in [0, 0.05) is 12.4 Å². The monoisotopic (exact) mass is 314 g/mol. The van der Waals surface area contributed by atoms with Gasteiger partial charge in [-0.25, -0.2) is 0 Å². The molecule has 1 aromatic heterocycles. The van der Waals surface area contributed by atoms with Crippen LogP contribution in [-0.2, 0) is 17.2 Å². The second-order valence-electron chi connectivity index (χ2n) is 3.92. The van der Waals surface area contributed by atoms with Crippen LogP contribution in [0.3, 0.4) is 0 Å². The van der Waals surface area contributed by atoms with Crippen LogP contribution in [0, 0.1) is 0 Å². The number of thiocarbonyl (C=S) groups is 1. The van der Waals surface area contributed by atoms with Gasteiger partial charge >= 0.3 is 0 Å². The zero-order valence-electron chi connectivity index (χ0n) is 10.2. The first-order valence-electron chi connectivity index (χ1n) is 5.22. The molecule has 0 fully saturated rings. The smallest absolute Gasteiger partial charge is 0.294 e. The summed E-state index contributed by atoms with van der Waals surface area (Å²) in [5, 5.41) is 17.2. The predicted molar refractivity (Wildman–Crippen MR) is 75.7 cm³/mol. The Balaban J connectivity index is 2.79. The van der Waals surface area contributed by atoms with E-state index in [1.165, 1.54) is 22.8 Å². The molecule has 0 radical (unpaired) electrons. The Kier molecular flexibility index (Phi) is 3.46. The molecule has 1 aromatic carbocycles. The van der Waals surface area contributed by atoms with Crippen LogP contribution in [0.1, 0.15) is 0 Å². The summed E-state index contributed by atoms with van der Waals surface area (Å²) >= 11 is 4.55. The topological polar surface area (TPSA) is 130 Å². The van der Waals surface area contributed by atoms with Gasteiger partial charge in [0.1, 0.15) is 0 Å². The van der Waals surface area contributed by atoms with Gasteiger partial charge in [0.05, 0.1) is 10.4 Å². The summed E-state index contributed by atoms with van der Waals surface area (Å²) in [5.41, 5.74) is 5.71. The summed E-state index contributed by atoms with van der Waals surface area (Å²) in [6.45, 7) is 0. The Morgan fingerprint density at radius 2 is 2.10 bits per heavy atom. The number of nitrogens with zero attached hydrogens (tertiary/aromatic N) is 3. The van der Waals surface area contributed by atoms with Crippen molar-refractivity contribution >= 4 is 44.0 Å². The molecule has 0 aliphatic rings. The van der Waals surface area contributed by atoms with Crippen molar-refractivity contribution in [1.29, 1.82) is 0 Å². The third-order valence-electron chi connectivity index (χ3n) is 2.66. The summed E-state index contributed by atoms with van der Waals surface area (Å²) in [6.07, 6.45) is 0. The van der Waals surface area contributed by atoms with E-state index in [0.717, 1.165) is 0 Å². The molecule has 0 aliphatic heterocycles. The standard InChI is InChI=1S/C10H10N4O4S2/c1-14-7-3-2-5(20(16,17)18)4-6(7)8(9(14)15)12-13-10(11)19/h2-4,15H,1H3,(H2,11,19)(H,16,17,18). The number of azo groups is 1. The minimum Gasteiger partial charge on any atom is -0.493 e.